The van der Waals surface area contributed by atoms with Gasteiger partial charge in [0.25, 0.3) is 5.91 Å². The van der Waals surface area contributed by atoms with Gasteiger partial charge >= 0.3 is 0 Å². The molecule has 0 radical (unpaired) electrons. The van der Waals surface area contributed by atoms with Crippen molar-refractivity contribution in [2.75, 3.05) is 0 Å². The van der Waals surface area contributed by atoms with E-state index in [1.807, 2.05) is 54.6 Å². The molecular weight excluding hydrogens is 442 g/mol. The number of carbonyl (C=O) groups is 1. The number of nitrogens with one attached hydrogen (secondary N) is 1. The SMILES string of the molecule is O=C(NC1CCC(c2ccccc2)CC1)c1ccccc1SCc1nnnn1-c1ccccc1. The Morgan fingerprint density at radius 1 is 0.882 bits per heavy atom. The molecule has 34 heavy (non-hydrogen) atoms. The molecule has 3 aromatic carbocycles. The van der Waals surface area contributed by atoms with E-state index in [9.17, 15) is 4.79 Å². The molecule has 172 valence electrons. The third-order valence-electron chi connectivity index (χ3n) is 6.36. The zero-order valence-corrected chi connectivity index (χ0v) is 19.7. The van der Waals surface area contributed by atoms with Crippen molar-refractivity contribution in [3.05, 3.63) is 102 Å². The van der Waals surface area contributed by atoms with Crippen molar-refractivity contribution >= 4 is 17.7 Å². The van der Waals surface area contributed by atoms with Gasteiger partial charge in [-0.3, -0.25) is 4.79 Å². The van der Waals surface area contributed by atoms with Crippen LogP contribution in [0.5, 0.6) is 0 Å². The topological polar surface area (TPSA) is 72.7 Å². The van der Waals surface area contributed by atoms with Crippen LogP contribution in [0.2, 0.25) is 0 Å². The average Bonchev–Trinajstić information content (AvgIpc) is 3.38. The van der Waals surface area contributed by atoms with Crippen LogP contribution in [-0.4, -0.2) is 32.2 Å². The minimum absolute atomic E-state index is 0.00564. The Hall–Kier alpha value is -3.45. The number of carbonyl (C=O) groups excluding carboxylic acids is 1. The Labute approximate surface area is 203 Å². The third-order valence-corrected chi connectivity index (χ3v) is 7.43. The summed E-state index contributed by atoms with van der Waals surface area (Å²) in [6.07, 6.45) is 4.22. The van der Waals surface area contributed by atoms with Gasteiger partial charge in [-0.2, -0.15) is 4.68 Å². The number of benzene rings is 3. The molecule has 5 rings (SSSR count). The monoisotopic (exact) mass is 469 g/mol. The first-order chi connectivity index (χ1) is 16.8. The van der Waals surface area contributed by atoms with E-state index in [0.717, 1.165) is 42.1 Å². The molecule has 0 saturated heterocycles. The van der Waals surface area contributed by atoms with Gasteiger partial charge in [-0.15, -0.1) is 16.9 Å². The maximum Gasteiger partial charge on any atom is 0.252 e. The van der Waals surface area contributed by atoms with Crippen LogP contribution in [-0.2, 0) is 5.75 Å². The second kappa shape index (κ2) is 10.7. The molecule has 0 bridgehead atoms. The molecule has 1 aliphatic carbocycles. The third kappa shape index (κ3) is 5.20. The normalized spacial score (nSPS) is 17.9. The lowest BCUT2D eigenvalue weighted by atomic mass is 9.82. The average molecular weight is 470 g/mol. The lowest BCUT2D eigenvalue weighted by Crippen LogP contribution is -2.37. The highest BCUT2D eigenvalue weighted by atomic mass is 32.2. The van der Waals surface area contributed by atoms with Crippen molar-refractivity contribution in [1.82, 2.24) is 25.5 Å². The van der Waals surface area contributed by atoms with Gasteiger partial charge < -0.3 is 5.32 Å². The minimum atomic E-state index is -0.00564. The van der Waals surface area contributed by atoms with E-state index in [1.54, 1.807) is 16.4 Å². The summed E-state index contributed by atoms with van der Waals surface area (Å²) in [4.78, 5) is 14.1. The van der Waals surface area contributed by atoms with E-state index >= 15 is 0 Å². The molecule has 0 spiro atoms. The van der Waals surface area contributed by atoms with Crippen LogP contribution in [0, 0.1) is 0 Å². The van der Waals surface area contributed by atoms with Gasteiger partial charge in [0.2, 0.25) is 0 Å². The number of tetrazole rings is 1. The Morgan fingerprint density at radius 2 is 1.56 bits per heavy atom. The van der Waals surface area contributed by atoms with Crippen molar-refractivity contribution < 1.29 is 4.79 Å². The Bertz CT molecular complexity index is 1220. The van der Waals surface area contributed by atoms with Crippen molar-refractivity contribution in [2.45, 2.75) is 48.3 Å². The Balaban J connectivity index is 1.21. The zero-order valence-electron chi connectivity index (χ0n) is 18.9. The number of aromatic nitrogens is 4. The van der Waals surface area contributed by atoms with Gasteiger partial charge in [0.1, 0.15) is 0 Å². The molecule has 0 atom stereocenters. The van der Waals surface area contributed by atoms with Crippen LogP contribution < -0.4 is 5.32 Å². The smallest absolute Gasteiger partial charge is 0.252 e. The molecule has 1 amide bonds. The number of para-hydroxylation sites is 1. The largest absolute Gasteiger partial charge is 0.349 e. The number of thioether (sulfide) groups is 1. The molecule has 1 aromatic heterocycles. The molecular formula is C27H27N5OS. The molecule has 1 fully saturated rings. The second-order valence-electron chi connectivity index (χ2n) is 8.56. The fraction of sp³-hybridized carbons (Fsp3) is 0.259. The highest BCUT2D eigenvalue weighted by Crippen LogP contribution is 2.33. The van der Waals surface area contributed by atoms with Crippen LogP contribution in [0.4, 0.5) is 0 Å². The fourth-order valence-corrected chi connectivity index (χ4v) is 5.50. The molecule has 1 heterocycles. The minimum Gasteiger partial charge on any atom is -0.349 e. The standard InChI is InChI=1S/C27H27N5OS/c33-27(28-22-17-15-21(16-18-22)20-9-3-1-4-10-20)24-13-7-8-14-25(24)34-19-26-29-30-31-32(26)23-11-5-2-6-12-23/h1-14,21-22H,15-19H2,(H,28,33). The molecule has 4 aromatic rings. The van der Waals surface area contributed by atoms with E-state index in [-0.39, 0.29) is 11.9 Å². The molecule has 1 aliphatic rings. The van der Waals surface area contributed by atoms with E-state index in [1.165, 1.54) is 5.56 Å². The Morgan fingerprint density at radius 3 is 2.32 bits per heavy atom. The Kier molecular flexibility index (Phi) is 7.00. The van der Waals surface area contributed by atoms with Gasteiger partial charge in [0.15, 0.2) is 5.82 Å². The molecule has 1 N–H and O–H groups in total. The van der Waals surface area contributed by atoms with Gasteiger partial charge in [0, 0.05) is 10.9 Å². The first-order valence-corrected chi connectivity index (χ1v) is 12.7. The van der Waals surface area contributed by atoms with E-state index in [0.29, 0.717) is 17.2 Å². The highest BCUT2D eigenvalue weighted by molar-refractivity contribution is 7.98. The van der Waals surface area contributed by atoms with Crippen molar-refractivity contribution in [3.63, 3.8) is 0 Å². The van der Waals surface area contributed by atoms with Crippen molar-refractivity contribution in [3.8, 4) is 5.69 Å². The molecule has 0 unspecified atom stereocenters. The summed E-state index contributed by atoms with van der Waals surface area (Å²) in [5.41, 5.74) is 3.03. The lowest BCUT2D eigenvalue weighted by Gasteiger charge is -2.29. The first kappa shape index (κ1) is 22.3. The predicted octanol–water partition coefficient (Wildman–Crippen LogP) is 5.41. The maximum atomic E-state index is 13.2. The molecule has 7 heteroatoms. The van der Waals surface area contributed by atoms with Crippen LogP contribution in [0.3, 0.4) is 0 Å². The number of amides is 1. The summed E-state index contributed by atoms with van der Waals surface area (Å²) < 4.78 is 1.74. The van der Waals surface area contributed by atoms with Crippen molar-refractivity contribution in [1.29, 1.82) is 0 Å². The van der Waals surface area contributed by atoms with E-state index in [4.69, 9.17) is 0 Å². The fourth-order valence-electron chi connectivity index (χ4n) is 4.55. The molecule has 6 nitrogen and oxygen atoms in total. The van der Waals surface area contributed by atoms with Crippen LogP contribution in [0.15, 0.2) is 89.8 Å². The lowest BCUT2D eigenvalue weighted by molar-refractivity contribution is 0.0923. The number of rotatable bonds is 7. The number of hydrogen-bond acceptors (Lipinski definition) is 5. The van der Waals surface area contributed by atoms with Gasteiger partial charge in [-0.25, -0.2) is 0 Å². The summed E-state index contributed by atoms with van der Waals surface area (Å²) >= 11 is 1.58. The maximum absolute atomic E-state index is 13.2. The van der Waals surface area contributed by atoms with Crippen molar-refractivity contribution in [2.24, 2.45) is 0 Å². The van der Waals surface area contributed by atoms with Crippen LogP contribution >= 0.6 is 11.8 Å². The number of nitrogens with zero attached hydrogens (tertiary/aromatic N) is 4. The highest BCUT2D eigenvalue weighted by Gasteiger charge is 2.24. The summed E-state index contributed by atoms with van der Waals surface area (Å²) in [5.74, 6) is 1.89. The second-order valence-corrected chi connectivity index (χ2v) is 9.58. The first-order valence-electron chi connectivity index (χ1n) is 11.7. The zero-order chi connectivity index (χ0) is 23.2. The summed E-state index contributed by atoms with van der Waals surface area (Å²) in [7, 11) is 0. The molecule has 0 aliphatic heterocycles. The van der Waals surface area contributed by atoms with Crippen LogP contribution in [0.1, 0.15) is 53.3 Å². The van der Waals surface area contributed by atoms with Gasteiger partial charge in [0.05, 0.1) is 17.0 Å². The van der Waals surface area contributed by atoms with Gasteiger partial charge in [-0.05, 0) is 71.9 Å². The molecule has 1 saturated carbocycles. The summed E-state index contributed by atoms with van der Waals surface area (Å²) in [5, 5.41) is 15.4. The van der Waals surface area contributed by atoms with E-state index in [2.05, 4.69) is 51.2 Å². The quantitative estimate of drug-likeness (QED) is 0.366. The predicted molar refractivity (Wildman–Crippen MR) is 134 cm³/mol. The van der Waals surface area contributed by atoms with Crippen LogP contribution in [0.25, 0.3) is 5.69 Å². The van der Waals surface area contributed by atoms with E-state index < -0.39 is 0 Å². The summed E-state index contributed by atoms with van der Waals surface area (Å²) in [6, 6.07) is 28.5. The number of hydrogen-bond donors (Lipinski definition) is 1. The van der Waals surface area contributed by atoms with Gasteiger partial charge in [-0.1, -0.05) is 60.7 Å². The summed E-state index contributed by atoms with van der Waals surface area (Å²) in [6.45, 7) is 0.